The number of ether oxygens (including phenoxy) is 1. The molecule has 5 nitrogen and oxygen atoms in total. The van der Waals surface area contributed by atoms with Crippen LogP contribution in [0, 0.1) is 11.3 Å². The molecular weight excluding hydrogens is 278 g/mol. The lowest BCUT2D eigenvalue weighted by atomic mass is 9.77. The van der Waals surface area contributed by atoms with Crippen LogP contribution in [0.2, 0.25) is 0 Å². The standard InChI is InChI=1S/C17H23N3O2/c21-16-17(6-8-20(12-17)14-3-1-4-14)13(9-19-16)11-22-15-5-2-7-18-10-15/h2,5,7,10,13-14H,1,3-4,6,8-9,11-12H2,(H,19,21)/t13-,17+/m0/s1. The summed E-state index contributed by atoms with van der Waals surface area (Å²) < 4.78 is 5.89. The molecule has 1 aromatic heterocycles. The van der Waals surface area contributed by atoms with Crippen molar-refractivity contribution < 1.29 is 9.53 Å². The van der Waals surface area contributed by atoms with E-state index in [0.29, 0.717) is 12.6 Å². The van der Waals surface area contributed by atoms with Crippen molar-refractivity contribution in [2.24, 2.45) is 11.3 Å². The maximum Gasteiger partial charge on any atom is 0.228 e. The second kappa shape index (κ2) is 5.54. The summed E-state index contributed by atoms with van der Waals surface area (Å²) in [4.78, 5) is 19.1. The first kappa shape index (κ1) is 14.0. The summed E-state index contributed by atoms with van der Waals surface area (Å²) in [6.45, 7) is 3.28. The number of rotatable bonds is 4. The Morgan fingerprint density at radius 1 is 1.45 bits per heavy atom. The lowest BCUT2D eigenvalue weighted by Crippen LogP contribution is -2.44. The lowest BCUT2D eigenvalue weighted by Gasteiger charge is -2.36. The fourth-order valence-electron chi connectivity index (χ4n) is 4.07. The van der Waals surface area contributed by atoms with Gasteiger partial charge in [0, 0.05) is 31.2 Å². The summed E-state index contributed by atoms with van der Waals surface area (Å²) in [5.41, 5.74) is -0.238. The summed E-state index contributed by atoms with van der Waals surface area (Å²) in [7, 11) is 0. The molecule has 0 aromatic carbocycles. The number of nitrogens with one attached hydrogen (secondary N) is 1. The number of hydrogen-bond donors (Lipinski definition) is 1. The average molecular weight is 301 g/mol. The van der Waals surface area contributed by atoms with Gasteiger partial charge in [-0.15, -0.1) is 0 Å². The van der Waals surface area contributed by atoms with E-state index in [0.717, 1.165) is 31.8 Å². The SMILES string of the molecule is O=C1NC[C@@H](COc2cccnc2)[C@]12CCN(C1CCC1)C2. The van der Waals surface area contributed by atoms with Crippen LogP contribution in [-0.2, 0) is 4.79 Å². The number of pyridine rings is 1. The molecule has 1 spiro atoms. The van der Waals surface area contributed by atoms with Crippen LogP contribution in [0.25, 0.3) is 0 Å². The smallest absolute Gasteiger partial charge is 0.228 e. The third-order valence-corrected chi connectivity index (χ3v) is 5.75. The number of nitrogens with zero attached hydrogens (tertiary/aromatic N) is 2. The molecule has 5 heteroatoms. The Labute approximate surface area is 131 Å². The van der Waals surface area contributed by atoms with E-state index >= 15 is 0 Å². The molecule has 3 aliphatic rings. The van der Waals surface area contributed by atoms with Crippen LogP contribution in [0.1, 0.15) is 25.7 Å². The minimum Gasteiger partial charge on any atom is -0.492 e. The molecule has 22 heavy (non-hydrogen) atoms. The van der Waals surface area contributed by atoms with Crippen LogP contribution in [0.3, 0.4) is 0 Å². The summed E-state index contributed by atoms with van der Waals surface area (Å²) in [5, 5.41) is 3.07. The second-order valence-corrected chi connectivity index (χ2v) is 6.87. The fraction of sp³-hybridized carbons (Fsp3) is 0.647. The van der Waals surface area contributed by atoms with E-state index in [4.69, 9.17) is 4.74 Å². The van der Waals surface area contributed by atoms with E-state index in [2.05, 4.69) is 15.2 Å². The highest BCUT2D eigenvalue weighted by molar-refractivity contribution is 5.86. The Kier molecular flexibility index (Phi) is 3.53. The van der Waals surface area contributed by atoms with Crippen molar-refractivity contribution in [1.82, 2.24) is 15.2 Å². The molecule has 1 aromatic rings. The van der Waals surface area contributed by atoms with Gasteiger partial charge in [-0.05, 0) is 37.9 Å². The van der Waals surface area contributed by atoms with Gasteiger partial charge in [0.05, 0.1) is 18.2 Å². The Morgan fingerprint density at radius 2 is 2.36 bits per heavy atom. The number of amides is 1. The maximum atomic E-state index is 12.5. The van der Waals surface area contributed by atoms with Crippen molar-refractivity contribution >= 4 is 5.91 Å². The largest absolute Gasteiger partial charge is 0.492 e. The molecule has 4 rings (SSSR count). The molecule has 1 aliphatic carbocycles. The molecule has 3 fully saturated rings. The summed E-state index contributed by atoms with van der Waals surface area (Å²) in [5.74, 6) is 1.27. The molecule has 1 saturated carbocycles. The molecule has 2 aliphatic heterocycles. The van der Waals surface area contributed by atoms with Gasteiger partial charge in [-0.3, -0.25) is 14.7 Å². The highest BCUT2D eigenvalue weighted by atomic mass is 16.5. The van der Waals surface area contributed by atoms with Crippen molar-refractivity contribution in [1.29, 1.82) is 0 Å². The third kappa shape index (κ3) is 2.28. The van der Waals surface area contributed by atoms with Crippen molar-refractivity contribution in [3.8, 4) is 5.75 Å². The average Bonchev–Trinajstić information content (AvgIpc) is 3.04. The number of carbonyl (C=O) groups is 1. The summed E-state index contributed by atoms with van der Waals surface area (Å²) >= 11 is 0. The highest BCUT2D eigenvalue weighted by Crippen LogP contribution is 2.44. The number of aromatic nitrogens is 1. The van der Waals surface area contributed by atoms with Crippen LogP contribution in [-0.4, -0.2) is 48.1 Å². The monoisotopic (exact) mass is 301 g/mol. The van der Waals surface area contributed by atoms with Gasteiger partial charge in [0.1, 0.15) is 5.75 Å². The van der Waals surface area contributed by atoms with Gasteiger partial charge in [-0.25, -0.2) is 0 Å². The lowest BCUT2D eigenvalue weighted by molar-refractivity contribution is -0.128. The van der Waals surface area contributed by atoms with Crippen LogP contribution >= 0.6 is 0 Å². The van der Waals surface area contributed by atoms with E-state index in [1.165, 1.54) is 19.3 Å². The predicted molar refractivity (Wildman–Crippen MR) is 82.5 cm³/mol. The van der Waals surface area contributed by atoms with Gasteiger partial charge in [0.25, 0.3) is 0 Å². The van der Waals surface area contributed by atoms with Crippen molar-refractivity contribution in [2.45, 2.75) is 31.7 Å². The van der Waals surface area contributed by atoms with Gasteiger partial charge >= 0.3 is 0 Å². The number of hydrogen-bond acceptors (Lipinski definition) is 4. The second-order valence-electron chi connectivity index (χ2n) is 6.87. The van der Waals surface area contributed by atoms with Crippen LogP contribution in [0.15, 0.2) is 24.5 Å². The minimum atomic E-state index is -0.238. The first-order valence-corrected chi connectivity index (χ1v) is 8.33. The van der Waals surface area contributed by atoms with E-state index < -0.39 is 0 Å². The maximum absolute atomic E-state index is 12.5. The summed E-state index contributed by atoms with van der Waals surface area (Å²) in [6.07, 6.45) is 8.38. The van der Waals surface area contributed by atoms with E-state index in [9.17, 15) is 4.79 Å². The number of carbonyl (C=O) groups excluding carboxylic acids is 1. The van der Waals surface area contributed by atoms with E-state index in [-0.39, 0.29) is 17.2 Å². The predicted octanol–water partition coefficient (Wildman–Crippen LogP) is 1.45. The number of likely N-dealkylation sites (tertiary alicyclic amines) is 1. The van der Waals surface area contributed by atoms with Gasteiger partial charge in [-0.1, -0.05) is 6.42 Å². The van der Waals surface area contributed by atoms with Crippen LogP contribution in [0.4, 0.5) is 0 Å². The Bertz CT molecular complexity index is 546. The molecular formula is C17H23N3O2. The molecule has 1 N–H and O–H groups in total. The quantitative estimate of drug-likeness (QED) is 0.914. The molecule has 2 atom stereocenters. The van der Waals surface area contributed by atoms with Crippen molar-refractivity contribution in [3.05, 3.63) is 24.5 Å². The van der Waals surface area contributed by atoms with Crippen LogP contribution in [0.5, 0.6) is 5.75 Å². The fourth-order valence-corrected chi connectivity index (χ4v) is 4.07. The Morgan fingerprint density at radius 3 is 3.09 bits per heavy atom. The van der Waals surface area contributed by atoms with Crippen molar-refractivity contribution in [3.63, 3.8) is 0 Å². The van der Waals surface area contributed by atoms with E-state index in [1.807, 2.05) is 12.1 Å². The topological polar surface area (TPSA) is 54.5 Å². The van der Waals surface area contributed by atoms with Crippen LogP contribution < -0.4 is 10.1 Å². The molecule has 118 valence electrons. The third-order valence-electron chi connectivity index (χ3n) is 5.75. The van der Waals surface area contributed by atoms with Gasteiger partial charge in [0.15, 0.2) is 0 Å². The van der Waals surface area contributed by atoms with E-state index in [1.54, 1.807) is 12.4 Å². The first-order chi connectivity index (χ1) is 10.8. The Balaban J connectivity index is 1.44. The first-order valence-electron chi connectivity index (χ1n) is 8.33. The Hall–Kier alpha value is -1.62. The molecule has 3 heterocycles. The zero-order valence-corrected chi connectivity index (χ0v) is 12.8. The van der Waals surface area contributed by atoms with Gasteiger partial charge in [-0.2, -0.15) is 0 Å². The molecule has 2 saturated heterocycles. The van der Waals surface area contributed by atoms with Crippen molar-refractivity contribution in [2.75, 3.05) is 26.2 Å². The minimum absolute atomic E-state index is 0.231. The van der Waals surface area contributed by atoms with Gasteiger partial charge in [0.2, 0.25) is 5.91 Å². The summed E-state index contributed by atoms with van der Waals surface area (Å²) in [6, 6.07) is 4.50. The zero-order chi connectivity index (χ0) is 15.0. The normalized spacial score (nSPS) is 32.2. The molecule has 0 radical (unpaired) electrons. The van der Waals surface area contributed by atoms with Gasteiger partial charge < -0.3 is 10.1 Å². The highest BCUT2D eigenvalue weighted by Gasteiger charge is 2.55. The molecule has 1 amide bonds. The zero-order valence-electron chi connectivity index (χ0n) is 12.8. The molecule has 0 unspecified atom stereocenters. The molecule has 0 bridgehead atoms.